The summed E-state index contributed by atoms with van der Waals surface area (Å²) in [6.07, 6.45) is 0.757. The Kier molecular flexibility index (Phi) is 7.82. The van der Waals surface area contributed by atoms with Crippen LogP contribution < -0.4 is 10.5 Å². The molecule has 1 atom stereocenters. The van der Waals surface area contributed by atoms with E-state index in [2.05, 4.69) is 0 Å². The summed E-state index contributed by atoms with van der Waals surface area (Å²) >= 11 is 0. The number of benzene rings is 2. The number of carbonyl (C=O) groups is 2. The van der Waals surface area contributed by atoms with Gasteiger partial charge in [-0.1, -0.05) is 49.4 Å². The van der Waals surface area contributed by atoms with Crippen molar-refractivity contribution in [2.75, 3.05) is 20.4 Å². The predicted octanol–water partition coefficient (Wildman–Crippen LogP) is 2.68. The highest BCUT2D eigenvalue weighted by Crippen LogP contribution is 2.22. The first-order chi connectivity index (χ1) is 13.1. The standard InChI is InChI=1S/C21H26N2O4/c1-3-13-23(15-26-2)21(25)19(20(22)24)17-9-11-18(12-10-17)27-14-16-7-5-4-6-8-16/h4-12,19H,3,13-15H2,1-2H3,(H2,22,24). The Morgan fingerprint density at radius 2 is 1.74 bits per heavy atom. The first-order valence-electron chi connectivity index (χ1n) is 8.90. The molecule has 0 aromatic heterocycles. The van der Waals surface area contributed by atoms with Gasteiger partial charge in [0.05, 0.1) is 0 Å². The molecule has 2 aromatic carbocycles. The van der Waals surface area contributed by atoms with Gasteiger partial charge >= 0.3 is 0 Å². The number of ether oxygens (including phenoxy) is 2. The van der Waals surface area contributed by atoms with Gasteiger partial charge in [0.15, 0.2) is 0 Å². The van der Waals surface area contributed by atoms with Gasteiger partial charge in [0.1, 0.15) is 25.0 Å². The van der Waals surface area contributed by atoms with Crippen LogP contribution >= 0.6 is 0 Å². The molecule has 6 nitrogen and oxygen atoms in total. The molecule has 2 N–H and O–H groups in total. The number of rotatable bonds is 10. The fraction of sp³-hybridized carbons (Fsp3) is 0.333. The molecule has 0 bridgehead atoms. The lowest BCUT2D eigenvalue weighted by Gasteiger charge is -2.25. The molecule has 0 aliphatic carbocycles. The minimum Gasteiger partial charge on any atom is -0.489 e. The third-order valence-corrected chi connectivity index (χ3v) is 4.08. The zero-order valence-corrected chi connectivity index (χ0v) is 15.8. The molecule has 2 amide bonds. The summed E-state index contributed by atoms with van der Waals surface area (Å²) in [4.78, 5) is 26.2. The molecule has 0 saturated heterocycles. The second kappa shape index (κ2) is 10.3. The second-order valence-corrected chi connectivity index (χ2v) is 6.20. The van der Waals surface area contributed by atoms with Gasteiger partial charge in [-0.15, -0.1) is 0 Å². The van der Waals surface area contributed by atoms with Gasteiger partial charge in [-0.05, 0) is 29.7 Å². The molecule has 0 heterocycles. The smallest absolute Gasteiger partial charge is 0.241 e. The average molecular weight is 370 g/mol. The third-order valence-electron chi connectivity index (χ3n) is 4.08. The number of hydrogen-bond acceptors (Lipinski definition) is 4. The number of carbonyl (C=O) groups excluding carboxylic acids is 2. The Morgan fingerprint density at radius 1 is 1.07 bits per heavy atom. The summed E-state index contributed by atoms with van der Waals surface area (Å²) in [7, 11) is 1.51. The average Bonchev–Trinajstić information content (AvgIpc) is 2.68. The highest BCUT2D eigenvalue weighted by atomic mass is 16.5. The van der Waals surface area contributed by atoms with Crippen LogP contribution in [0.3, 0.4) is 0 Å². The lowest BCUT2D eigenvalue weighted by molar-refractivity contribution is -0.141. The van der Waals surface area contributed by atoms with Gasteiger partial charge in [0.2, 0.25) is 11.8 Å². The summed E-state index contributed by atoms with van der Waals surface area (Å²) in [6.45, 7) is 3.01. The van der Waals surface area contributed by atoms with E-state index in [1.165, 1.54) is 12.0 Å². The van der Waals surface area contributed by atoms with E-state index in [0.717, 1.165) is 12.0 Å². The van der Waals surface area contributed by atoms with Crippen molar-refractivity contribution in [1.29, 1.82) is 0 Å². The van der Waals surface area contributed by atoms with Crippen LogP contribution in [0, 0.1) is 0 Å². The Labute approximate surface area is 159 Å². The maximum absolute atomic E-state index is 12.8. The fourth-order valence-corrected chi connectivity index (χ4v) is 2.77. The molecule has 2 rings (SSSR count). The Morgan fingerprint density at radius 3 is 2.30 bits per heavy atom. The van der Waals surface area contributed by atoms with Crippen molar-refractivity contribution in [1.82, 2.24) is 4.90 Å². The molecule has 2 aromatic rings. The van der Waals surface area contributed by atoms with Crippen molar-refractivity contribution in [2.24, 2.45) is 5.73 Å². The summed E-state index contributed by atoms with van der Waals surface area (Å²) in [5.74, 6) is -1.44. The molecule has 0 radical (unpaired) electrons. The fourth-order valence-electron chi connectivity index (χ4n) is 2.77. The van der Waals surface area contributed by atoms with Crippen LogP contribution in [0.15, 0.2) is 54.6 Å². The number of primary amides is 1. The van der Waals surface area contributed by atoms with Crippen LogP contribution in [0.25, 0.3) is 0 Å². The van der Waals surface area contributed by atoms with E-state index in [4.69, 9.17) is 15.2 Å². The molecule has 144 valence electrons. The monoisotopic (exact) mass is 370 g/mol. The maximum atomic E-state index is 12.8. The number of methoxy groups -OCH3 is 1. The molecule has 6 heteroatoms. The summed E-state index contributed by atoms with van der Waals surface area (Å²) in [5.41, 5.74) is 7.11. The zero-order valence-electron chi connectivity index (χ0n) is 15.8. The van der Waals surface area contributed by atoms with Crippen LogP contribution in [0.1, 0.15) is 30.4 Å². The van der Waals surface area contributed by atoms with Gasteiger partial charge in [-0.3, -0.25) is 9.59 Å². The minimum absolute atomic E-state index is 0.120. The minimum atomic E-state index is -1.05. The van der Waals surface area contributed by atoms with E-state index in [0.29, 0.717) is 24.5 Å². The summed E-state index contributed by atoms with van der Waals surface area (Å²) < 4.78 is 10.8. The van der Waals surface area contributed by atoms with Gasteiger partial charge in [0, 0.05) is 13.7 Å². The van der Waals surface area contributed by atoms with E-state index in [-0.39, 0.29) is 12.6 Å². The topological polar surface area (TPSA) is 81.9 Å². The molecular formula is C21H26N2O4. The van der Waals surface area contributed by atoms with E-state index in [1.54, 1.807) is 24.3 Å². The first-order valence-corrected chi connectivity index (χ1v) is 8.90. The van der Waals surface area contributed by atoms with Crippen molar-refractivity contribution < 1.29 is 19.1 Å². The lowest BCUT2D eigenvalue weighted by atomic mass is 9.96. The Balaban J connectivity index is 2.10. The Bertz CT molecular complexity index is 726. The van der Waals surface area contributed by atoms with Crippen LogP contribution in [-0.2, 0) is 20.9 Å². The molecule has 0 saturated carbocycles. The van der Waals surface area contributed by atoms with E-state index in [1.807, 2.05) is 37.3 Å². The number of hydrogen-bond donors (Lipinski definition) is 1. The van der Waals surface area contributed by atoms with Crippen molar-refractivity contribution in [3.8, 4) is 5.75 Å². The first kappa shape index (κ1) is 20.5. The van der Waals surface area contributed by atoms with Crippen molar-refractivity contribution >= 4 is 11.8 Å². The molecule has 1 unspecified atom stereocenters. The molecule has 27 heavy (non-hydrogen) atoms. The number of nitrogens with two attached hydrogens (primary N) is 1. The molecule has 0 fully saturated rings. The summed E-state index contributed by atoms with van der Waals surface area (Å²) in [5, 5.41) is 0. The van der Waals surface area contributed by atoms with Crippen LogP contribution in [0.2, 0.25) is 0 Å². The number of amides is 2. The van der Waals surface area contributed by atoms with Crippen LogP contribution in [0.4, 0.5) is 0 Å². The molecule has 0 aliphatic rings. The van der Waals surface area contributed by atoms with Crippen molar-refractivity contribution in [3.05, 3.63) is 65.7 Å². The quantitative estimate of drug-likeness (QED) is 0.515. The number of nitrogens with zero attached hydrogens (tertiary/aromatic N) is 1. The van der Waals surface area contributed by atoms with Crippen LogP contribution in [-0.4, -0.2) is 37.1 Å². The van der Waals surface area contributed by atoms with E-state index in [9.17, 15) is 9.59 Å². The second-order valence-electron chi connectivity index (χ2n) is 6.20. The largest absolute Gasteiger partial charge is 0.489 e. The van der Waals surface area contributed by atoms with Gasteiger partial charge < -0.3 is 20.1 Å². The Hall–Kier alpha value is -2.86. The molecule has 0 aliphatic heterocycles. The highest BCUT2D eigenvalue weighted by Gasteiger charge is 2.30. The van der Waals surface area contributed by atoms with Crippen LogP contribution in [0.5, 0.6) is 5.75 Å². The SMILES string of the molecule is CCCN(COC)C(=O)C(C(N)=O)c1ccc(OCc2ccccc2)cc1. The third kappa shape index (κ3) is 5.82. The normalized spacial score (nSPS) is 11.6. The maximum Gasteiger partial charge on any atom is 0.241 e. The summed E-state index contributed by atoms with van der Waals surface area (Å²) in [6, 6.07) is 16.7. The van der Waals surface area contributed by atoms with Gasteiger partial charge in [-0.2, -0.15) is 0 Å². The van der Waals surface area contributed by atoms with Crippen molar-refractivity contribution in [2.45, 2.75) is 25.9 Å². The van der Waals surface area contributed by atoms with Crippen molar-refractivity contribution in [3.63, 3.8) is 0 Å². The van der Waals surface area contributed by atoms with E-state index < -0.39 is 11.8 Å². The predicted molar refractivity (Wildman–Crippen MR) is 103 cm³/mol. The lowest BCUT2D eigenvalue weighted by Crippen LogP contribution is -2.41. The van der Waals surface area contributed by atoms with Gasteiger partial charge in [0.25, 0.3) is 0 Å². The van der Waals surface area contributed by atoms with Gasteiger partial charge in [-0.25, -0.2) is 0 Å². The molecular weight excluding hydrogens is 344 g/mol. The highest BCUT2D eigenvalue weighted by molar-refractivity contribution is 6.05. The van der Waals surface area contributed by atoms with E-state index >= 15 is 0 Å². The molecule has 0 spiro atoms. The zero-order chi connectivity index (χ0) is 19.6.